The molecule has 7 nitrogen and oxygen atoms in total. The molecule has 1 aliphatic heterocycles. The minimum atomic E-state index is -0.485. The van der Waals surface area contributed by atoms with Gasteiger partial charge in [-0.15, -0.1) is 0 Å². The molecule has 1 fully saturated rings. The topological polar surface area (TPSA) is 91.6 Å². The van der Waals surface area contributed by atoms with Crippen molar-refractivity contribution in [3.8, 4) is 0 Å². The molecule has 2 rings (SSSR count). The Morgan fingerprint density at radius 3 is 2.67 bits per heavy atom. The van der Waals surface area contributed by atoms with Crippen LogP contribution in [0.3, 0.4) is 0 Å². The number of nitrogens with one attached hydrogen (secondary N) is 1. The summed E-state index contributed by atoms with van der Waals surface area (Å²) >= 11 is 0. The summed E-state index contributed by atoms with van der Waals surface area (Å²) in [6.07, 6.45) is 3.09. The largest absolute Gasteiger partial charge is 0.383 e. The number of nitrogens with zero attached hydrogens (tertiary/aromatic N) is 3. The Bertz CT molecular complexity index is 512. The van der Waals surface area contributed by atoms with Gasteiger partial charge in [-0.1, -0.05) is 0 Å². The lowest BCUT2D eigenvalue weighted by molar-refractivity contribution is -0.130. The highest BCUT2D eigenvalue weighted by molar-refractivity contribution is 5.98. The van der Waals surface area contributed by atoms with Crippen LogP contribution in [0.15, 0.2) is 18.5 Å². The van der Waals surface area contributed by atoms with Crippen LogP contribution < -0.4 is 11.1 Å². The maximum Gasteiger partial charge on any atom is 0.252 e. The zero-order chi connectivity index (χ0) is 15.2. The smallest absolute Gasteiger partial charge is 0.252 e. The molecule has 114 valence electrons. The van der Waals surface area contributed by atoms with Gasteiger partial charge < -0.3 is 16.0 Å². The molecular weight excluding hydrogens is 270 g/mol. The average molecular weight is 291 g/mol. The quantitative estimate of drug-likeness (QED) is 0.781. The molecule has 1 saturated heterocycles. The van der Waals surface area contributed by atoms with Crippen molar-refractivity contribution < 1.29 is 9.59 Å². The first-order valence-electron chi connectivity index (χ1n) is 7.03. The summed E-state index contributed by atoms with van der Waals surface area (Å²) in [7, 11) is 0. The third-order valence-corrected chi connectivity index (χ3v) is 3.65. The zero-order valence-electron chi connectivity index (χ0n) is 12.2. The Kier molecular flexibility index (Phi) is 5.10. The van der Waals surface area contributed by atoms with E-state index >= 15 is 0 Å². The standard InChI is InChI=1S/C14H21N5O2/c1-11(20)19-8-6-18(7-9-19)5-4-17-13-2-3-16-10-12(13)14(15)21/h2-3,10H,4-9H2,1H3,(H2,15,21)(H,16,17). The molecule has 0 spiro atoms. The van der Waals surface area contributed by atoms with Gasteiger partial charge in [0.25, 0.3) is 5.91 Å². The molecule has 21 heavy (non-hydrogen) atoms. The van der Waals surface area contributed by atoms with Crippen molar-refractivity contribution >= 4 is 17.5 Å². The summed E-state index contributed by atoms with van der Waals surface area (Å²) < 4.78 is 0. The van der Waals surface area contributed by atoms with Crippen molar-refractivity contribution in [2.75, 3.05) is 44.6 Å². The van der Waals surface area contributed by atoms with Crippen LogP contribution in [-0.4, -0.2) is 65.9 Å². The third-order valence-electron chi connectivity index (χ3n) is 3.65. The Balaban J connectivity index is 1.78. The summed E-state index contributed by atoms with van der Waals surface area (Å²) in [6.45, 7) is 6.47. The Labute approximate surface area is 124 Å². The van der Waals surface area contributed by atoms with Gasteiger partial charge in [0.1, 0.15) is 0 Å². The SMILES string of the molecule is CC(=O)N1CCN(CCNc2ccncc2C(N)=O)CC1. The van der Waals surface area contributed by atoms with E-state index in [1.165, 1.54) is 6.20 Å². The fourth-order valence-corrected chi connectivity index (χ4v) is 2.38. The molecule has 2 heterocycles. The Morgan fingerprint density at radius 1 is 1.33 bits per heavy atom. The Hall–Kier alpha value is -2.15. The summed E-state index contributed by atoms with van der Waals surface area (Å²) in [5, 5.41) is 3.21. The van der Waals surface area contributed by atoms with Crippen molar-refractivity contribution in [3.63, 3.8) is 0 Å². The van der Waals surface area contributed by atoms with Gasteiger partial charge in [0.05, 0.1) is 11.3 Å². The van der Waals surface area contributed by atoms with Gasteiger partial charge in [-0.3, -0.25) is 19.5 Å². The highest BCUT2D eigenvalue weighted by Crippen LogP contribution is 2.12. The van der Waals surface area contributed by atoms with Gasteiger partial charge >= 0.3 is 0 Å². The number of nitrogens with two attached hydrogens (primary N) is 1. The molecule has 1 aromatic heterocycles. The molecule has 0 bridgehead atoms. The number of carbonyl (C=O) groups excluding carboxylic acids is 2. The molecule has 0 radical (unpaired) electrons. The first-order chi connectivity index (χ1) is 10.1. The maximum absolute atomic E-state index is 11.3. The van der Waals surface area contributed by atoms with E-state index in [-0.39, 0.29) is 5.91 Å². The number of piperazine rings is 1. The van der Waals surface area contributed by atoms with Crippen molar-refractivity contribution in [2.45, 2.75) is 6.92 Å². The molecule has 0 aromatic carbocycles. The van der Waals surface area contributed by atoms with E-state index in [2.05, 4.69) is 15.2 Å². The molecule has 0 aliphatic carbocycles. The molecular formula is C14H21N5O2. The molecule has 3 N–H and O–H groups in total. The van der Waals surface area contributed by atoms with Crippen LogP contribution >= 0.6 is 0 Å². The molecule has 2 amide bonds. The highest BCUT2D eigenvalue weighted by Gasteiger charge is 2.18. The van der Waals surface area contributed by atoms with E-state index in [1.807, 2.05) is 4.90 Å². The summed E-state index contributed by atoms with van der Waals surface area (Å²) in [4.78, 5) is 30.6. The predicted molar refractivity (Wildman–Crippen MR) is 79.9 cm³/mol. The number of aromatic nitrogens is 1. The number of hydrogen-bond donors (Lipinski definition) is 2. The number of rotatable bonds is 5. The highest BCUT2D eigenvalue weighted by atomic mass is 16.2. The van der Waals surface area contributed by atoms with Crippen molar-refractivity contribution in [1.82, 2.24) is 14.8 Å². The number of anilines is 1. The van der Waals surface area contributed by atoms with Crippen LogP contribution in [0.1, 0.15) is 17.3 Å². The fraction of sp³-hybridized carbons (Fsp3) is 0.500. The second-order valence-corrected chi connectivity index (χ2v) is 5.06. The number of carbonyl (C=O) groups is 2. The van der Waals surface area contributed by atoms with Crippen molar-refractivity contribution in [1.29, 1.82) is 0 Å². The lowest BCUT2D eigenvalue weighted by atomic mass is 10.2. The zero-order valence-corrected chi connectivity index (χ0v) is 12.2. The van der Waals surface area contributed by atoms with Gasteiger partial charge in [-0.25, -0.2) is 0 Å². The molecule has 7 heteroatoms. The summed E-state index contributed by atoms with van der Waals surface area (Å²) in [6, 6.07) is 1.74. The minimum absolute atomic E-state index is 0.135. The maximum atomic E-state index is 11.3. The van der Waals surface area contributed by atoms with Gasteiger partial charge in [-0.2, -0.15) is 0 Å². The molecule has 1 aromatic rings. The van der Waals surface area contributed by atoms with E-state index in [0.29, 0.717) is 17.8 Å². The van der Waals surface area contributed by atoms with Crippen molar-refractivity contribution in [2.24, 2.45) is 5.73 Å². The number of amides is 2. The van der Waals surface area contributed by atoms with Gasteiger partial charge in [0.15, 0.2) is 0 Å². The normalized spacial score (nSPS) is 15.8. The number of primary amides is 1. The lowest BCUT2D eigenvalue weighted by Crippen LogP contribution is -2.49. The Morgan fingerprint density at radius 2 is 2.05 bits per heavy atom. The van der Waals surface area contributed by atoms with E-state index in [0.717, 1.165) is 32.7 Å². The van der Waals surface area contributed by atoms with E-state index in [1.54, 1.807) is 19.2 Å². The summed E-state index contributed by atoms with van der Waals surface area (Å²) in [5.41, 5.74) is 6.42. The van der Waals surface area contributed by atoms with E-state index in [9.17, 15) is 9.59 Å². The van der Waals surface area contributed by atoms with Crippen LogP contribution in [0.2, 0.25) is 0 Å². The lowest BCUT2D eigenvalue weighted by Gasteiger charge is -2.34. The minimum Gasteiger partial charge on any atom is -0.383 e. The summed E-state index contributed by atoms with van der Waals surface area (Å²) in [5.74, 6) is -0.351. The predicted octanol–water partition coefficient (Wildman–Crippen LogP) is -0.243. The number of pyridine rings is 1. The van der Waals surface area contributed by atoms with E-state index in [4.69, 9.17) is 5.73 Å². The monoisotopic (exact) mass is 291 g/mol. The molecule has 0 unspecified atom stereocenters. The van der Waals surface area contributed by atoms with Gasteiger partial charge in [0, 0.05) is 58.6 Å². The molecule has 0 atom stereocenters. The first-order valence-corrected chi connectivity index (χ1v) is 7.03. The van der Waals surface area contributed by atoms with Crippen molar-refractivity contribution in [3.05, 3.63) is 24.0 Å². The molecule has 1 aliphatic rings. The van der Waals surface area contributed by atoms with Crippen LogP contribution in [0, 0.1) is 0 Å². The van der Waals surface area contributed by atoms with Crippen LogP contribution in [-0.2, 0) is 4.79 Å². The second-order valence-electron chi connectivity index (χ2n) is 5.06. The van der Waals surface area contributed by atoms with E-state index < -0.39 is 5.91 Å². The molecule has 0 saturated carbocycles. The van der Waals surface area contributed by atoms with Gasteiger partial charge in [-0.05, 0) is 6.07 Å². The second kappa shape index (κ2) is 7.03. The third kappa shape index (κ3) is 4.16. The van der Waals surface area contributed by atoms with Crippen LogP contribution in [0.4, 0.5) is 5.69 Å². The van der Waals surface area contributed by atoms with Crippen LogP contribution in [0.5, 0.6) is 0 Å². The first kappa shape index (κ1) is 15.2. The fourth-order valence-electron chi connectivity index (χ4n) is 2.38. The number of hydrogen-bond acceptors (Lipinski definition) is 5. The van der Waals surface area contributed by atoms with Gasteiger partial charge in [0.2, 0.25) is 5.91 Å². The average Bonchev–Trinajstić information content (AvgIpc) is 2.48. The van der Waals surface area contributed by atoms with Crippen LogP contribution in [0.25, 0.3) is 0 Å².